The lowest BCUT2D eigenvalue weighted by atomic mass is 10.1. The second-order valence-electron chi connectivity index (χ2n) is 3.29. The molecular formula is C12H11FN2O2. The van der Waals surface area contributed by atoms with Crippen molar-refractivity contribution in [2.45, 2.75) is 0 Å². The molecule has 0 atom stereocenters. The summed E-state index contributed by atoms with van der Waals surface area (Å²) in [6.45, 7) is 0.0484. The van der Waals surface area contributed by atoms with E-state index in [9.17, 15) is 4.39 Å². The van der Waals surface area contributed by atoms with Gasteiger partial charge in [-0.15, -0.1) is 0 Å². The van der Waals surface area contributed by atoms with E-state index in [-0.39, 0.29) is 19.0 Å². The van der Waals surface area contributed by atoms with Crippen molar-refractivity contribution in [2.24, 2.45) is 0 Å². The molecule has 2 aromatic rings. The van der Waals surface area contributed by atoms with E-state index in [1.807, 2.05) is 0 Å². The van der Waals surface area contributed by atoms with Crippen molar-refractivity contribution in [3.63, 3.8) is 0 Å². The predicted molar refractivity (Wildman–Crippen MR) is 60.0 cm³/mol. The summed E-state index contributed by atoms with van der Waals surface area (Å²) < 4.78 is 18.7. The van der Waals surface area contributed by atoms with Crippen molar-refractivity contribution in [1.29, 1.82) is 0 Å². The Balaban J connectivity index is 2.30. The quantitative estimate of drug-likeness (QED) is 0.874. The highest BCUT2D eigenvalue weighted by Gasteiger charge is 2.07. The van der Waals surface area contributed by atoms with Gasteiger partial charge in [0.2, 0.25) is 5.88 Å². The maximum atomic E-state index is 13.5. The van der Waals surface area contributed by atoms with Crippen molar-refractivity contribution in [3.05, 3.63) is 42.5 Å². The molecule has 2 rings (SSSR count). The van der Waals surface area contributed by atoms with Crippen LogP contribution in [-0.2, 0) is 0 Å². The van der Waals surface area contributed by atoms with E-state index >= 15 is 0 Å². The number of rotatable bonds is 4. The fraction of sp³-hybridized carbons (Fsp3) is 0.167. The summed E-state index contributed by atoms with van der Waals surface area (Å²) >= 11 is 0. The van der Waals surface area contributed by atoms with Crippen LogP contribution in [0, 0.1) is 5.82 Å². The van der Waals surface area contributed by atoms with Crippen molar-refractivity contribution in [1.82, 2.24) is 9.97 Å². The van der Waals surface area contributed by atoms with E-state index in [0.717, 1.165) is 0 Å². The molecule has 5 heteroatoms. The Kier molecular flexibility index (Phi) is 3.62. The zero-order valence-electron chi connectivity index (χ0n) is 9.01. The Labute approximate surface area is 97.7 Å². The largest absolute Gasteiger partial charge is 0.475 e. The summed E-state index contributed by atoms with van der Waals surface area (Å²) in [5.41, 5.74) is 0.842. The minimum atomic E-state index is -0.348. The molecule has 0 amide bonds. The van der Waals surface area contributed by atoms with Crippen LogP contribution in [0.25, 0.3) is 11.3 Å². The molecule has 4 nitrogen and oxygen atoms in total. The molecule has 0 radical (unpaired) electrons. The van der Waals surface area contributed by atoms with Gasteiger partial charge in [0.25, 0.3) is 0 Å². The van der Waals surface area contributed by atoms with Gasteiger partial charge in [-0.25, -0.2) is 14.4 Å². The van der Waals surface area contributed by atoms with Crippen LogP contribution in [0.1, 0.15) is 0 Å². The summed E-state index contributed by atoms with van der Waals surface area (Å²) in [7, 11) is 0. The molecule has 0 spiro atoms. The van der Waals surface area contributed by atoms with Crippen LogP contribution in [-0.4, -0.2) is 28.3 Å². The lowest BCUT2D eigenvalue weighted by Crippen LogP contribution is -2.03. The van der Waals surface area contributed by atoms with Crippen molar-refractivity contribution >= 4 is 0 Å². The van der Waals surface area contributed by atoms with Crippen LogP contribution < -0.4 is 4.74 Å². The first-order valence-corrected chi connectivity index (χ1v) is 5.12. The van der Waals surface area contributed by atoms with E-state index in [4.69, 9.17) is 9.84 Å². The van der Waals surface area contributed by atoms with Gasteiger partial charge in [-0.1, -0.05) is 12.1 Å². The van der Waals surface area contributed by atoms with Gasteiger partial charge in [0, 0.05) is 11.6 Å². The molecule has 1 aromatic heterocycles. The van der Waals surface area contributed by atoms with Crippen LogP contribution in [0.3, 0.4) is 0 Å². The van der Waals surface area contributed by atoms with Crippen LogP contribution in [0.4, 0.5) is 4.39 Å². The van der Waals surface area contributed by atoms with Gasteiger partial charge in [-0.05, 0) is 12.1 Å². The van der Waals surface area contributed by atoms with Gasteiger partial charge in [0.1, 0.15) is 18.8 Å². The highest BCUT2D eigenvalue weighted by atomic mass is 19.1. The van der Waals surface area contributed by atoms with Gasteiger partial charge in [0.05, 0.1) is 12.3 Å². The van der Waals surface area contributed by atoms with Gasteiger partial charge >= 0.3 is 0 Å². The van der Waals surface area contributed by atoms with Crippen molar-refractivity contribution in [2.75, 3.05) is 13.2 Å². The fourth-order valence-corrected chi connectivity index (χ4v) is 1.38. The smallest absolute Gasteiger partial charge is 0.216 e. The van der Waals surface area contributed by atoms with E-state index < -0.39 is 0 Å². The number of hydrogen-bond donors (Lipinski definition) is 1. The van der Waals surface area contributed by atoms with Gasteiger partial charge in [-0.2, -0.15) is 0 Å². The predicted octanol–water partition coefficient (Wildman–Crippen LogP) is 1.65. The first-order chi connectivity index (χ1) is 8.31. The monoisotopic (exact) mass is 234 g/mol. The Morgan fingerprint density at radius 2 is 2.06 bits per heavy atom. The Morgan fingerprint density at radius 1 is 1.24 bits per heavy atom. The standard InChI is InChI=1S/C12H11FN2O2/c13-10-4-2-1-3-9(10)11-7-12(15-8-14-11)17-6-5-16/h1-4,7-8,16H,5-6H2. The minimum absolute atomic E-state index is 0.0982. The normalized spacial score (nSPS) is 10.2. The molecule has 0 aliphatic carbocycles. The number of nitrogens with zero attached hydrogens (tertiary/aromatic N) is 2. The fourth-order valence-electron chi connectivity index (χ4n) is 1.38. The number of aliphatic hydroxyl groups is 1. The number of benzene rings is 1. The van der Waals surface area contributed by atoms with Crippen LogP contribution >= 0.6 is 0 Å². The second-order valence-corrected chi connectivity index (χ2v) is 3.29. The maximum absolute atomic E-state index is 13.5. The number of halogens is 1. The lowest BCUT2D eigenvalue weighted by molar-refractivity contribution is 0.196. The maximum Gasteiger partial charge on any atom is 0.216 e. The van der Waals surface area contributed by atoms with E-state index in [1.54, 1.807) is 18.2 Å². The molecule has 0 aliphatic heterocycles. The summed E-state index contributed by atoms with van der Waals surface area (Å²) in [5, 5.41) is 8.63. The molecule has 0 saturated heterocycles. The SMILES string of the molecule is OCCOc1cc(-c2ccccc2F)ncn1. The van der Waals surface area contributed by atoms with Crippen LogP contribution in [0.5, 0.6) is 5.88 Å². The molecule has 0 aliphatic rings. The van der Waals surface area contributed by atoms with Crippen molar-refractivity contribution < 1.29 is 14.2 Å². The summed E-state index contributed by atoms with van der Waals surface area (Å²) in [6, 6.07) is 7.88. The number of hydrogen-bond acceptors (Lipinski definition) is 4. The van der Waals surface area contributed by atoms with E-state index in [1.165, 1.54) is 18.5 Å². The third kappa shape index (κ3) is 2.76. The average molecular weight is 234 g/mol. The summed E-state index contributed by atoms with van der Waals surface area (Å²) in [4.78, 5) is 7.85. The van der Waals surface area contributed by atoms with Crippen molar-refractivity contribution in [3.8, 4) is 17.1 Å². The molecule has 1 aromatic carbocycles. The van der Waals surface area contributed by atoms with Gasteiger partial charge < -0.3 is 9.84 Å². The first kappa shape index (κ1) is 11.5. The molecule has 0 unspecified atom stereocenters. The zero-order chi connectivity index (χ0) is 12.1. The zero-order valence-corrected chi connectivity index (χ0v) is 9.01. The Hall–Kier alpha value is -2.01. The highest BCUT2D eigenvalue weighted by molar-refractivity contribution is 5.60. The van der Waals surface area contributed by atoms with Gasteiger partial charge in [-0.3, -0.25) is 0 Å². The Bertz CT molecular complexity index is 505. The third-order valence-corrected chi connectivity index (χ3v) is 2.13. The van der Waals surface area contributed by atoms with E-state index in [0.29, 0.717) is 17.1 Å². The third-order valence-electron chi connectivity index (χ3n) is 2.13. The first-order valence-electron chi connectivity index (χ1n) is 5.12. The number of aromatic nitrogens is 2. The molecule has 0 saturated carbocycles. The van der Waals surface area contributed by atoms with Gasteiger partial charge in [0.15, 0.2) is 0 Å². The molecule has 17 heavy (non-hydrogen) atoms. The van der Waals surface area contributed by atoms with Crippen LogP contribution in [0.15, 0.2) is 36.7 Å². The number of aliphatic hydroxyl groups excluding tert-OH is 1. The minimum Gasteiger partial charge on any atom is -0.475 e. The van der Waals surface area contributed by atoms with E-state index in [2.05, 4.69) is 9.97 Å². The summed E-state index contributed by atoms with van der Waals surface area (Å²) in [6.07, 6.45) is 1.30. The molecule has 88 valence electrons. The van der Waals surface area contributed by atoms with Crippen LogP contribution in [0.2, 0.25) is 0 Å². The Morgan fingerprint density at radius 3 is 2.82 bits per heavy atom. The molecule has 1 heterocycles. The topological polar surface area (TPSA) is 55.2 Å². The molecule has 1 N–H and O–H groups in total. The molecule has 0 fully saturated rings. The second kappa shape index (κ2) is 5.36. The highest BCUT2D eigenvalue weighted by Crippen LogP contribution is 2.22. The molecule has 0 bridgehead atoms. The lowest BCUT2D eigenvalue weighted by Gasteiger charge is -2.05. The number of ether oxygens (including phenoxy) is 1. The summed E-state index contributed by atoms with van der Waals surface area (Å²) in [5.74, 6) is -0.0355. The molecular weight excluding hydrogens is 223 g/mol. The average Bonchev–Trinajstić information content (AvgIpc) is 2.37.